The highest BCUT2D eigenvalue weighted by Gasteiger charge is 2.38. The zero-order chi connectivity index (χ0) is 34.5. The first-order valence-electron chi connectivity index (χ1n) is 17.0. The second kappa shape index (κ2) is 23.3. The third kappa shape index (κ3) is 13.5. The molecule has 0 aliphatic heterocycles. The second-order valence-electron chi connectivity index (χ2n) is 10.7. The van der Waals surface area contributed by atoms with Crippen molar-refractivity contribution in [3.63, 3.8) is 0 Å². The zero-order valence-corrected chi connectivity index (χ0v) is 31.4. The second-order valence-corrected chi connectivity index (χ2v) is 11.8. The van der Waals surface area contributed by atoms with Crippen molar-refractivity contribution in [2.75, 3.05) is 7.05 Å². The van der Waals surface area contributed by atoms with Crippen LogP contribution in [0.3, 0.4) is 0 Å². The van der Waals surface area contributed by atoms with E-state index in [2.05, 4.69) is 69.7 Å². The number of ether oxygens (including phenoxy) is 1. The van der Waals surface area contributed by atoms with E-state index < -0.39 is 0 Å². The number of ketones is 1. The summed E-state index contributed by atoms with van der Waals surface area (Å²) in [6.07, 6.45) is 3.71. The lowest BCUT2D eigenvalue weighted by molar-refractivity contribution is 0.0302. The van der Waals surface area contributed by atoms with Crippen LogP contribution in [-0.4, -0.2) is 17.8 Å². The van der Waals surface area contributed by atoms with Crippen LogP contribution in [0.5, 0.6) is 5.75 Å². The molecule has 2 aromatic carbocycles. The Bertz CT molecular complexity index is 1220. The van der Waals surface area contributed by atoms with E-state index in [9.17, 15) is 4.79 Å². The third-order valence-electron chi connectivity index (χ3n) is 8.21. The van der Waals surface area contributed by atoms with E-state index in [0.717, 1.165) is 80.1 Å². The van der Waals surface area contributed by atoms with Gasteiger partial charge in [-0.05, 0) is 90.6 Å². The van der Waals surface area contributed by atoms with E-state index in [1.807, 2.05) is 91.2 Å². The van der Waals surface area contributed by atoms with Crippen molar-refractivity contribution in [2.45, 2.75) is 112 Å². The maximum atomic E-state index is 11.7. The van der Waals surface area contributed by atoms with Crippen LogP contribution in [0, 0.1) is 23.7 Å². The summed E-state index contributed by atoms with van der Waals surface area (Å²) in [7, 11) is 1.85. The normalized spacial score (nSPS) is 17.5. The average Bonchev–Trinajstić information content (AvgIpc) is 3.10. The Kier molecular flexibility index (Phi) is 21.7. The molecule has 1 saturated carbocycles. The topological polar surface area (TPSA) is 51.2 Å². The first-order chi connectivity index (χ1) is 21.6. The number of nitrogens with zero attached hydrogens (tertiary/aromatic N) is 1. The standard InChI is InChI=1S/C26H28N2O2S.C8H16.3C2H6/c1-5-7-22-15-21(19(3)29)10-12-25(22)30-17-20-8-6-9-24(14-20)31-26-13-11-23(16-28-26)18(2)27-4;1-5-6(2)8(4)7(5)3;3*1-2/h6,8-16,27H,2,5,7,17H2,1,3-4H3;5-8H,1-4H3;3*1-2H3. The number of rotatable bonds is 10. The minimum Gasteiger partial charge on any atom is -0.489 e. The predicted molar refractivity (Wildman–Crippen MR) is 198 cm³/mol. The molecule has 0 bridgehead atoms. The van der Waals surface area contributed by atoms with Gasteiger partial charge in [-0.15, -0.1) is 0 Å². The van der Waals surface area contributed by atoms with E-state index in [1.54, 1.807) is 18.7 Å². The molecule has 0 unspecified atom stereocenters. The molecule has 1 fully saturated rings. The molecule has 5 heteroatoms. The van der Waals surface area contributed by atoms with Crippen molar-refractivity contribution in [3.05, 3.63) is 89.6 Å². The van der Waals surface area contributed by atoms with Crippen LogP contribution in [0.25, 0.3) is 5.70 Å². The Balaban J connectivity index is 0.00000116. The van der Waals surface area contributed by atoms with Gasteiger partial charge in [0.15, 0.2) is 5.78 Å². The summed E-state index contributed by atoms with van der Waals surface area (Å²) in [5.41, 5.74) is 4.72. The van der Waals surface area contributed by atoms with Gasteiger partial charge in [-0.1, -0.05) is 113 Å². The molecule has 0 spiro atoms. The Hall–Kier alpha value is -3.05. The zero-order valence-electron chi connectivity index (χ0n) is 30.6. The van der Waals surface area contributed by atoms with E-state index in [0.29, 0.717) is 6.61 Å². The Morgan fingerprint density at radius 1 is 0.867 bits per heavy atom. The van der Waals surface area contributed by atoms with Gasteiger partial charge in [0.2, 0.25) is 0 Å². The lowest BCUT2D eigenvalue weighted by Gasteiger charge is -2.45. The quantitative estimate of drug-likeness (QED) is 0.225. The van der Waals surface area contributed by atoms with Crippen LogP contribution in [-0.2, 0) is 13.0 Å². The number of aromatic nitrogens is 1. The van der Waals surface area contributed by atoms with Crippen LogP contribution < -0.4 is 10.1 Å². The molecule has 0 radical (unpaired) electrons. The van der Waals surface area contributed by atoms with Crippen molar-refractivity contribution in [3.8, 4) is 5.75 Å². The highest BCUT2D eigenvalue weighted by atomic mass is 32.2. The predicted octanol–water partition coefficient (Wildman–Crippen LogP) is 11.8. The Morgan fingerprint density at radius 3 is 1.93 bits per heavy atom. The fraction of sp³-hybridized carbons (Fsp3) is 0.500. The number of hydrogen-bond donors (Lipinski definition) is 1. The summed E-state index contributed by atoms with van der Waals surface area (Å²) < 4.78 is 6.12. The van der Waals surface area contributed by atoms with Crippen LogP contribution in [0.2, 0.25) is 0 Å². The largest absolute Gasteiger partial charge is 0.489 e. The average molecular weight is 635 g/mol. The maximum absolute atomic E-state index is 11.7. The molecule has 3 aromatic rings. The van der Waals surface area contributed by atoms with Gasteiger partial charge in [-0.3, -0.25) is 4.79 Å². The van der Waals surface area contributed by atoms with Gasteiger partial charge in [0.25, 0.3) is 0 Å². The first kappa shape index (κ1) is 42.0. The SMILES string of the molecule is C=C(NC)c1ccc(Sc2cccc(COc3ccc(C(C)=O)cc3CCC)c2)nc1.CC.CC.CC.CC1C(C)C(C)C1C. The summed E-state index contributed by atoms with van der Waals surface area (Å²) in [6.45, 7) is 29.6. The van der Waals surface area contributed by atoms with Crippen molar-refractivity contribution in [1.82, 2.24) is 10.3 Å². The Labute approximate surface area is 280 Å². The van der Waals surface area contributed by atoms with Gasteiger partial charge in [-0.25, -0.2) is 4.98 Å². The minimum absolute atomic E-state index is 0.0746. The highest BCUT2D eigenvalue weighted by molar-refractivity contribution is 7.99. The number of pyridine rings is 1. The van der Waals surface area contributed by atoms with Crippen LogP contribution >= 0.6 is 11.8 Å². The molecule has 0 atom stereocenters. The van der Waals surface area contributed by atoms with Crippen molar-refractivity contribution in [1.29, 1.82) is 0 Å². The van der Waals surface area contributed by atoms with Gasteiger partial charge in [0, 0.05) is 35.0 Å². The van der Waals surface area contributed by atoms with E-state index >= 15 is 0 Å². The Morgan fingerprint density at radius 2 is 1.44 bits per heavy atom. The smallest absolute Gasteiger partial charge is 0.159 e. The van der Waals surface area contributed by atoms with Gasteiger partial charge in [0.1, 0.15) is 17.4 Å². The molecule has 0 amide bonds. The number of hydrogen-bond acceptors (Lipinski definition) is 5. The number of benzene rings is 2. The molecule has 1 N–H and O–H groups in total. The molecule has 45 heavy (non-hydrogen) atoms. The number of nitrogens with one attached hydrogen (secondary N) is 1. The molecule has 0 saturated heterocycles. The fourth-order valence-corrected chi connectivity index (χ4v) is 5.76. The van der Waals surface area contributed by atoms with Crippen LogP contribution in [0.4, 0.5) is 0 Å². The summed E-state index contributed by atoms with van der Waals surface area (Å²) >= 11 is 1.61. The maximum Gasteiger partial charge on any atom is 0.159 e. The molecule has 1 aliphatic carbocycles. The lowest BCUT2D eigenvalue weighted by Crippen LogP contribution is -2.39. The summed E-state index contributed by atoms with van der Waals surface area (Å²) in [5.74, 6) is 4.82. The minimum atomic E-state index is 0.0746. The monoisotopic (exact) mass is 634 g/mol. The fourth-order valence-electron chi connectivity index (χ4n) is 4.92. The highest BCUT2D eigenvalue weighted by Crippen LogP contribution is 2.44. The van der Waals surface area contributed by atoms with E-state index in [-0.39, 0.29) is 5.78 Å². The van der Waals surface area contributed by atoms with Crippen molar-refractivity contribution in [2.24, 2.45) is 23.7 Å². The van der Waals surface area contributed by atoms with Gasteiger partial charge in [0.05, 0.1) is 0 Å². The molecule has 1 aromatic heterocycles. The lowest BCUT2D eigenvalue weighted by atomic mass is 9.60. The molecule has 4 nitrogen and oxygen atoms in total. The molecular weight excluding hydrogens is 573 g/mol. The van der Waals surface area contributed by atoms with Crippen LogP contribution in [0.15, 0.2) is 77.3 Å². The van der Waals surface area contributed by atoms with Gasteiger partial charge < -0.3 is 10.1 Å². The molecule has 250 valence electrons. The summed E-state index contributed by atoms with van der Waals surface area (Å²) in [6, 6.07) is 18.0. The third-order valence-corrected chi connectivity index (χ3v) is 9.15. The van der Waals surface area contributed by atoms with E-state index in [4.69, 9.17) is 4.74 Å². The molecular formula is C40H62N2O2S. The number of aryl methyl sites for hydroxylation is 1. The first-order valence-corrected chi connectivity index (χ1v) is 17.8. The molecule has 1 aliphatic rings. The number of Topliss-reactive ketones (excluding diaryl/α,β-unsaturated/α-hetero) is 1. The summed E-state index contributed by atoms with van der Waals surface area (Å²) in [4.78, 5) is 17.3. The summed E-state index contributed by atoms with van der Waals surface area (Å²) in [5, 5.41) is 3.96. The molecule has 4 rings (SSSR count). The van der Waals surface area contributed by atoms with Crippen molar-refractivity contribution >= 4 is 23.2 Å². The van der Waals surface area contributed by atoms with Crippen LogP contribution in [0.1, 0.15) is 117 Å². The molecule has 1 heterocycles. The van der Waals surface area contributed by atoms with E-state index in [1.165, 1.54) is 0 Å². The number of carbonyl (C=O) groups is 1. The van der Waals surface area contributed by atoms with Gasteiger partial charge in [-0.2, -0.15) is 0 Å². The van der Waals surface area contributed by atoms with Gasteiger partial charge >= 0.3 is 0 Å². The number of carbonyl (C=O) groups excluding carboxylic acids is 1. The van der Waals surface area contributed by atoms with Crippen molar-refractivity contribution < 1.29 is 9.53 Å².